The molecule has 0 radical (unpaired) electrons. The van der Waals surface area contributed by atoms with Crippen LogP contribution in [0.1, 0.15) is 25.0 Å². The van der Waals surface area contributed by atoms with E-state index in [1.807, 2.05) is 19.9 Å². The molecule has 16 heavy (non-hydrogen) atoms. The van der Waals surface area contributed by atoms with Crippen molar-refractivity contribution in [2.45, 2.75) is 20.0 Å². The van der Waals surface area contributed by atoms with Crippen LogP contribution in [-0.4, -0.2) is 16.5 Å². The van der Waals surface area contributed by atoms with Gasteiger partial charge >= 0.3 is 0 Å². The van der Waals surface area contributed by atoms with Crippen molar-refractivity contribution in [1.29, 1.82) is 5.26 Å². The third-order valence-electron chi connectivity index (χ3n) is 1.79. The zero-order valence-corrected chi connectivity index (χ0v) is 9.69. The van der Waals surface area contributed by atoms with Gasteiger partial charge in [0.25, 0.3) is 0 Å². The number of nitriles is 1. The van der Waals surface area contributed by atoms with Crippen LogP contribution < -0.4 is 4.74 Å². The highest BCUT2D eigenvalue weighted by atomic mass is 35.5. The number of halogens is 1. The number of benzene rings is 1. The van der Waals surface area contributed by atoms with E-state index in [9.17, 15) is 0 Å². The Labute approximate surface area is 98.7 Å². The first kappa shape index (κ1) is 12.3. The molecule has 0 fully saturated rings. The van der Waals surface area contributed by atoms with Crippen molar-refractivity contribution < 1.29 is 9.94 Å². The molecule has 1 N–H and O–H groups in total. The van der Waals surface area contributed by atoms with E-state index in [0.717, 1.165) is 0 Å². The summed E-state index contributed by atoms with van der Waals surface area (Å²) in [4.78, 5) is 0. The molecule has 0 amide bonds. The number of oxime groups is 1. The van der Waals surface area contributed by atoms with Crippen molar-refractivity contribution in [3.8, 4) is 11.8 Å². The largest absolute Gasteiger partial charge is 0.490 e. The third-order valence-corrected chi connectivity index (χ3v) is 2.08. The number of hydrogen-bond acceptors (Lipinski definition) is 4. The monoisotopic (exact) mass is 238 g/mol. The summed E-state index contributed by atoms with van der Waals surface area (Å²) in [5.74, 6) is 0.489. The van der Waals surface area contributed by atoms with Crippen molar-refractivity contribution in [3.05, 3.63) is 29.3 Å². The van der Waals surface area contributed by atoms with Gasteiger partial charge in [0.1, 0.15) is 11.8 Å². The summed E-state index contributed by atoms with van der Waals surface area (Å²) in [6.45, 7) is 3.74. The summed E-state index contributed by atoms with van der Waals surface area (Å²) in [7, 11) is 0. The van der Waals surface area contributed by atoms with Crippen LogP contribution in [0, 0.1) is 11.3 Å². The Kier molecular flexibility index (Phi) is 4.15. The summed E-state index contributed by atoms with van der Waals surface area (Å²) in [5, 5.41) is 20.2. The van der Waals surface area contributed by atoms with E-state index >= 15 is 0 Å². The van der Waals surface area contributed by atoms with E-state index < -0.39 is 0 Å². The fourth-order valence-corrected chi connectivity index (χ4v) is 1.28. The standard InChI is InChI=1S/C11H11ClN2O2/c1-7(2)16-10-4-3-8(11(12)14-15)5-9(10)6-13/h3-5,7,15H,1-2H3/b14-11-. The predicted molar refractivity (Wildman–Crippen MR) is 61.1 cm³/mol. The molecule has 0 bridgehead atoms. The smallest absolute Gasteiger partial charge is 0.175 e. The Hall–Kier alpha value is -1.73. The van der Waals surface area contributed by atoms with Gasteiger partial charge in [-0.05, 0) is 32.0 Å². The van der Waals surface area contributed by atoms with Crippen LogP contribution in [0.15, 0.2) is 23.4 Å². The average molecular weight is 239 g/mol. The second kappa shape index (κ2) is 5.38. The van der Waals surface area contributed by atoms with E-state index in [0.29, 0.717) is 16.9 Å². The fraction of sp³-hybridized carbons (Fsp3) is 0.273. The maximum atomic E-state index is 8.93. The molecule has 0 aliphatic carbocycles. The molecule has 0 atom stereocenters. The normalized spacial score (nSPS) is 11.3. The quantitative estimate of drug-likeness (QED) is 0.500. The molecule has 84 valence electrons. The summed E-state index contributed by atoms with van der Waals surface area (Å²) in [5.41, 5.74) is 0.824. The van der Waals surface area contributed by atoms with Gasteiger partial charge in [0.15, 0.2) is 5.17 Å². The molecule has 0 unspecified atom stereocenters. The minimum absolute atomic E-state index is 0.0140. The van der Waals surface area contributed by atoms with Crippen molar-refractivity contribution >= 4 is 16.8 Å². The molecule has 0 spiro atoms. The van der Waals surface area contributed by atoms with Crippen LogP contribution in [0.25, 0.3) is 0 Å². The van der Waals surface area contributed by atoms with Crippen molar-refractivity contribution in [1.82, 2.24) is 0 Å². The topological polar surface area (TPSA) is 65.6 Å². The van der Waals surface area contributed by atoms with Gasteiger partial charge in [0.05, 0.1) is 11.7 Å². The molecule has 1 aromatic carbocycles. The van der Waals surface area contributed by atoms with E-state index in [-0.39, 0.29) is 11.3 Å². The van der Waals surface area contributed by atoms with Gasteiger partial charge < -0.3 is 9.94 Å². The summed E-state index contributed by atoms with van der Waals surface area (Å²) in [6.07, 6.45) is -0.0140. The lowest BCUT2D eigenvalue weighted by atomic mass is 10.1. The van der Waals surface area contributed by atoms with E-state index in [1.165, 1.54) is 6.07 Å². The molecule has 5 heteroatoms. The lowest BCUT2D eigenvalue weighted by molar-refractivity contribution is 0.241. The maximum Gasteiger partial charge on any atom is 0.175 e. The third kappa shape index (κ3) is 2.88. The molecule has 0 aliphatic heterocycles. The van der Waals surface area contributed by atoms with Crippen LogP contribution in [0.5, 0.6) is 5.75 Å². The first-order valence-electron chi connectivity index (χ1n) is 4.67. The number of nitrogens with zero attached hydrogens (tertiary/aromatic N) is 2. The van der Waals surface area contributed by atoms with E-state index in [2.05, 4.69) is 5.16 Å². The Morgan fingerprint density at radius 2 is 2.25 bits per heavy atom. The van der Waals surface area contributed by atoms with Gasteiger partial charge in [-0.15, -0.1) is 0 Å². The lowest BCUT2D eigenvalue weighted by Gasteiger charge is -2.11. The summed E-state index contributed by atoms with van der Waals surface area (Å²) < 4.78 is 5.44. The first-order chi connectivity index (χ1) is 7.58. The average Bonchev–Trinajstić information content (AvgIpc) is 2.27. The molecule has 1 aromatic rings. The molecule has 0 aliphatic rings. The number of ether oxygens (including phenoxy) is 1. The molecule has 0 heterocycles. The van der Waals surface area contributed by atoms with Crippen molar-refractivity contribution in [2.75, 3.05) is 0 Å². The van der Waals surface area contributed by atoms with Crippen LogP contribution in [-0.2, 0) is 0 Å². The molecule has 0 saturated carbocycles. The highest BCUT2D eigenvalue weighted by Gasteiger charge is 2.09. The molecular formula is C11H11ClN2O2. The summed E-state index contributed by atoms with van der Waals surface area (Å²) >= 11 is 5.63. The van der Waals surface area contributed by atoms with Gasteiger partial charge in [-0.25, -0.2) is 0 Å². The van der Waals surface area contributed by atoms with E-state index in [1.54, 1.807) is 12.1 Å². The van der Waals surface area contributed by atoms with Crippen LogP contribution in [0.3, 0.4) is 0 Å². The number of hydrogen-bond donors (Lipinski definition) is 1. The van der Waals surface area contributed by atoms with Gasteiger partial charge in [-0.1, -0.05) is 16.8 Å². The van der Waals surface area contributed by atoms with Crippen molar-refractivity contribution in [3.63, 3.8) is 0 Å². The van der Waals surface area contributed by atoms with Gasteiger partial charge in [-0.3, -0.25) is 0 Å². The Morgan fingerprint density at radius 3 is 2.75 bits per heavy atom. The Morgan fingerprint density at radius 1 is 1.56 bits per heavy atom. The van der Waals surface area contributed by atoms with Gasteiger partial charge in [-0.2, -0.15) is 5.26 Å². The molecule has 0 saturated heterocycles. The molecule has 0 aromatic heterocycles. The van der Waals surface area contributed by atoms with E-state index in [4.69, 9.17) is 26.8 Å². The SMILES string of the molecule is CC(C)Oc1ccc(/C(Cl)=N/O)cc1C#N. The molecule has 4 nitrogen and oxygen atoms in total. The second-order valence-electron chi connectivity index (χ2n) is 3.38. The zero-order valence-electron chi connectivity index (χ0n) is 8.94. The predicted octanol–water partition coefficient (Wildman–Crippen LogP) is 2.72. The second-order valence-corrected chi connectivity index (χ2v) is 3.74. The van der Waals surface area contributed by atoms with Crippen LogP contribution in [0.4, 0.5) is 0 Å². The Bertz CT molecular complexity index is 450. The molecule has 1 rings (SSSR count). The minimum Gasteiger partial charge on any atom is -0.490 e. The first-order valence-corrected chi connectivity index (χ1v) is 5.05. The van der Waals surface area contributed by atoms with Crippen LogP contribution in [0.2, 0.25) is 0 Å². The number of rotatable bonds is 3. The van der Waals surface area contributed by atoms with Crippen LogP contribution >= 0.6 is 11.6 Å². The zero-order chi connectivity index (χ0) is 12.1. The molecular weight excluding hydrogens is 228 g/mol. The fourth-order valence-electron chi connectivity index (χ4n) is 1.16. The highest BCUT2D eigenvalue weighted by Crippen LogP contribution is 2.21. The van der Waals surface area contributed by atoms with Crippen molar-refractivity contribution in [2.24, 2.45) is 5.16 Å². The van der Waals surface area contributed by atoms with Gasteiger partial charge in [0, 0.05) is 5.56 Å². The maximum absolute atomic E-state index is 8.93. The Balaban J connectivity index is 3.13. The summed E-state index contributed by atoms with van der Waals surface area (Å²) in [6, 6.07) is 6.77. The highest BCUT2D eigenvalue weighted by molar-refractivity contribution is 6.69. The minimum atomic E-state index is -0.0624. The van der Waals surface area contributed by atoms with Gasteiger partial charge in [0.2, 0.25) is 0 Å². The lowest BCUT2D eigenvalue weighted by Crippen LogP contribution is -2.07.